The van der Waals surface area contributed by atoms with Crippen molar-refractivity contribution in [1.29, 1.82) is 0 Å². The highest BCUT2D eigenvalue weighted by Gasteiger charge is 2.28. The normalized spacial score (nSPS) is 26.8. The SMILES string of the molecule is CC1CCCC(C)C1NC(=O)Nc1ccccc1F. The van der Waals surface area contributed by atoms with Crippen molar-refractivity contribution in [3.63, 3.8) is 0 Å². The van der Waals surface area contributed by atoms with Crippen molar-refractivity contribution in [1.82, 2.24) is 5.32 Å². The van der Waals surface area contributed by atoms with Gasteiger partial charge in [0.25, 0.3) is 0 Å². The van der Waals surface area contributed by atoms with Gasteiger partial charge in [0.2, 0.25) is 0 Å². The topological polar surface area (TPSA) is 41.1 Å². The third-order valence-electron chi connectivity index (χ3n) is 3.96. The molecule has 1 aliphatic rings. The van der Waals surface area contributed by atoms with E-state index in [1.54, 1.807) is 18.2 Å². The molecule has 0 saturated heterocycles. The van der Waals surface area contributed by atoms with Crippen LogP contribution in [0.25, 0.3) is 0 Å². The summed E-state index contributed by atoms with van der Waals surface area (Å²) in [5.74, 6) is 0.521. The summed E-state index contributed by atoms with van der Waals surface area (Å²) in [4.78, 5) is 11.9. The largest absolute Gasteiger partial charge is 0.335 e. The van der Waals surface area contributed by atoms with Crippen LogP contribution in [0.5, 0.6) is 0 Å². The van der Waals surface area contributed by atoms with E-state index in [1.807, 2.05) is 0 Å². The van der Waals surface area contributed by atoms with E-state index < -0.39 is 5.82 Å². The molecule has 1 fully saturated rings. The third-order valence-corrected chi connectivity index (χ3v) is 3.96. The number of carbonyl (C=O) groups excluding carboxylic acids is 1. The number of carbonyl (C=O) groups is 1. The molecule has 2 unspecified atom stereocenters. The van der Waals surface area contributed by atoms with Crippen LogP contribution in [-0.4, -0.2) is 12.1 Å². The highest BCUT2D eigenvalue weighted by molar-refractivity contribution is 5.89. The average molecular weight is 264 g/mol. The lowest BCUT2D eigenvalue weighted by Crippen LogP contribution is -2.47. The Morgan fingerprint density at radius 2 is 1.84 bits per heavy atom. The zero-order chi connectivity index (χ0) is 13.8. The number of halogens is 1. The van der Waals surface area contributed by atoms with Gasteiger partial charge in [-0.15, -0.1) is 0 Å². The van der Waals surface area contributed by atoms with E-state index in [0.29, 0.717) is 11.8 Å². The van der Waals surface area contributed by atoms with Gasteiger partial charge in [-0.3, -0.25) is 0 Å². The van der Waals surface area contributed by atoms with Gasteiger partial charge >= 0.3 is 6.03 Å². The van der Waals surface area contributed by atoms with Gasteiger partial charge in [0.1, 0.15) is 5.82 Å². The Balaban J connectivity index is 1.96. The molecule has 0 bridgehead atoms. The minimum Gasteiger partial charge on any atom is -0.335 e. The van der Waals surface area contributed by atoms with Crippen LogP contribution in [0.1, 0.15) is 33.1 Å². The molecule has 0 heterocycles. The fourth-order valence-electron chi connectivity index (χ4n) is 2.84. The fourth-order valence-corrected chi connectivity index (χ4v) is 2.84. The van der Waals surface area contributed by atoms with Crippen LogP contribution in [0.2, 0.25) is 0 Å². The molecule has 1 aromatic carbocycles. The van der Waals surface area contributed by atoms with Gasteiger partial charge in [-0.2, -0.15) is 0 Å². The predicted octanol–water partition coefficient (Wildman–Crippen LogP) is 3.77. The second-order valence-electron chi connectivity index (χ2n) is 5.49. The van der Waals surface area contributed by atoms with Gasteiger partial charge in [-0.25, -0.2) is 9.18 Å². The number of hydrogen-bond donors (Lipinski definition) is 2. The van der Waals surface area contributed by atoms with Gasteiger partial charge in [-0.05, 0) is 36.8 Å². The lowest BCUT2D eigenvalue weighted by atomic mass is 9.79. The van der Waals surface area contributed by atoms with Gasteiger partial charge in [0.05, 0.1) is 5.69 Å². The summed E-state index contributed by atoms with van der Waals surface area (Å²) in [6.07, 6.45) is 3.49. The average Bonchev–Trinajstić information content (AvgIpc) is 2.37. The zero-order valence-corrected chi connectivity index (χ0v) is 11.4. The number of urea groups is 1. The first-order chi connectivity index (χ1) is 9.08. The summed E-state index contributed by atoms with van der Waals surface area (Å²) in [5, 5.41) is 5.55. The first-order valence-corrected chi connectivity index (χ1v) is 6.90. The summed E-state index contributed by atoms with van der Waals surface area (Å²) in [6, 6.07) is 6.04. The van der Waals surface area contributed by atoms with Crippen LogP contribution in [0.4, 0.5) is 14.9 Å². The summed E-state index contributed by atoms with van der Waals surface area (Å²) < 4.78 is 13.4. The molecule has 1 aromatic rings. The Kier molecular flexibility index (Phi) is 4.40. The predicted molar refractivity (Wildman–Crippen MR) is 74.5 cm³/mol. The van der Waals surface area contributed by atoms with Crippen LogP contribution in [0, 0.1) is 17.7 Å². The van der Waals surface area contributed by atoms with E-state index in [9.17, 15) is 9.18 Å². The number of rotatable bonds is 2. The summed E-state index contributed by atoms with van der Waals surface area (Å²) in [7, 11) is 0. The Bertz CT molecular complexity index is 440. The molecule has 2 N–H and O–H groups in total. The molecule has 4 heteroatoms. The number of nitrogens with one attached hydrogen (secondary N) is 2. The van der Waals surface area contributed by atoms with Gasteiger partial charge < -0.3 is 10.6 Å². The van der Waals surface area contributed by atoms with Crippen molar-refractivity contribution < 1.29 is 9.18 Å². The molecular weight excluding hydrogens is 243 g/mol. The van der Waals surface area contributed by atoms with Gasteiger partial charge in [0.15, 0.2) is 0 Å². The molecule has 0 aliphatic heterocycles. The zero-order valence-electron chi connectivity index (χ0n) is 11.4. The number of para-hydroxylation sites is 1. The monoisotopic (exact) mass is 264 g/mol. The van der Waals surface area contributed by atoms with E-state index in [2.05, 4.69) is 24.5 Å². The Hall–Kier alpha value is -1.58. The molecule has 3 nitrogen and oxygen atoms in total. The molecule has 19 heavy (non-hydrogen) atoms. The minimum absolute atomic E-state index is 0.167. The molecule has 2 rings (SSSR count). The molecule has 1 aliphatic carbocycles. The van der Waals surface area contributed by atoms with Gasteiger partial charge in [0, 0.05) is 6.04 Å². The van der Waals surface area contributed by atoms with Crippen LogP contribution in [0.15, 0.2) is 24.3 Å². The molecule has 0 radical (unpaired) electrons. The number of benzene rings is 1. The first kappa shape index (κ1) is 13.8. The molecule has 104 valence electrons. The maximum atomic E-state index is 13.4. The number of hydrogen-bond acceptors (Lipinski definition) is 1. The summed E-state index contributed by atoms with van der Waals surface area (Å²) in [6.45, 7) is 4.31. The Morgan fingerprint density at radius 3 is 2.47 bits per heavy atom. The quantitative estimate of drug-likeness (QED) is 0.838. The summed E-state index contributed by atoms with van der Waals surface area (Å²) in [5.41, 5.74) is 0.219. The lowest BCUT2D eigenvalue weighted by Gasteiger charge is -2.35. The second kappa shape index (κ2) is 6.04. The van der Waals surface area contributed by atoms with Crippen molar-refractivity contribution in [3.05, 3.63) is 30.1 Å². The van der Waals surface area contributed by atoms with E-state index in [1.165, 1.54) is 12.5 Å². The molecule has 0 spiro atoms. The van der Waals surface area contributed by atoms with Crippen molar-refractivity contribution >= 4 is 11.7 Å². The van der Waals surface area contributed by atoms with Gasteiger partial charge in [-0.1, -0.05) is 32.4 Å². The standard InChI is InChI=1S/C15H21FN2O/c1-10-6-5-7-11(2)14(10)18-15(19)17-13-9-4-3-8-12(13)16/h3-4,8-11,14H,5-7H2,1-2H3,(H2,17,18,19). The minimum atomic E-state index is -0.414. The fraction of sp³-hybridized carbons (Fsp3) is 0.533. The van der Waals surface area contributed by atoms with Crippen molar-refractivity contribution in [2.45, 2.75) is 39.2 Å². The number of anilines is 1. The van der Waals surface area contributed by atoms with Crippen LogP contribution < -0.4 is 10.6 Å². The highest BCUT2D eigenvalue weighted by atomic mass is 19.1. The highest BCUT2D eigenvalue weighted by Crippen LogP contribution is 2.28. The smallest absolute Gasteiger partial charge is 0.319 e. The lowest BCUT2D eigenvalue weighted by molar-refractivity contribution is 0.201. The maximum absolute atomic E-state index is 13.4. The van der Waals surface area contributed by atoms with Crippen molar-refractivity contribution in [3.8, 4) is 0 Å². The summed E-state index contributed by atoms with van der Waals surface area (Å²) >= 11 is 0. The molecule has 1 saturated carbocycles. The first-order valence-electron chi connectivity index (χ1n) is 6.90. The number of amides is 2. The second-order valence-corrected chi connectivity index (χ2v) is 5.49. The molecule has 0 aromatic heterocycles. The Labute approximate surface area is 113 Å². The van der Waals surface area contributed by atoms with Crippen LogP contribution >= 0.6 is 0 Å². The van der Waals surface area contributed by atoms with Crippen LogP contribution in [0.3, 0.4) is 0 Å². The van der Waals surface area contributed by atoms with E-state index in [0.717, 1.165) is 12.8 Å². The van der Waals surface area contributed by atoms with Crippen molar-refractivity contribution in [2.24, 2.45) is 11.8 Å². The third kappa shape index (κ3) is 3.46. The Morgan fingerprint density at radius 1 is 1.21 bits per heavy atom. The van der Waals surface area contributed by atoms with E-state index >= 15 is 0 Å². The maximum Gasteiger partial charge on any atom is 0.319 e. The van der Waals surface area contributed by atoms with E-state index in [4.69, 9.17) is 0 Å². The van der Waals surface area contributed by atoms with Crippen LogP contribution in [-0.2, 0) is 0 Å². The van der Waals surface area contributed by atoms with Crippen molar-refractivity contribution in [2.75, 3.05) is 5.32 Å². The molecule has 2 atom stereocenters. The molecular formula is C15H21FN2O. The molecule has 2 amide bonds. The van der Waals surface area contributed by atoms with E-state index in [-0.39, 0.29) is 17.8 Å².